The molecule has 1 aromatic heterocycles. The van der Waals surface area contributed by atoms with Crippen molar-refractivity contribution in [1.29, 1.82) is 0 Å². The molecular formula is C22H17BrN2O3. The van der Waals surface area contributed by atoms with Crippen LogP contribution < -0.4 is 5.32 Å². The molecule has 28 heavy (non-hydrogen) atoms. The van der Waals surface area contributed by atoms with E-state index in [0.29, 0.717) is 11.5 Å². The predicted octanol–water partition coefficient (Wildman–Crippen LogP) is 5.11. The summed E-state index contributed by atoms with van der Waals surface area (Å²) in [5, 5.41) is 2.62. The molecule has 3 amide bonds. The molecule has 140 valence electrons. The molecule has 0 spiro atoms. The highest BCUT2D eigenvalue weighted by atomic mass is 79.9. The smallest absolute Gasteiger partial charge is 0.329 e. The standard InChI is InChI=1S/C22H17BrN2O3/c1-14-7-9-17(18(23)11-14)20-10-8-16(28-20)12-19-21(26)25(22(27)24-19)13-15-5-3-2-4-6-15/h2-12H,13H2,1H3,(H,24,27)/b19-12-. The Morgan fingerprint density at radius 1 is 1.07 bits per heavy atom. The summed E-state index contributed by atoms with van der Waals surface area (Å²) in [4.78, 5) is 26.0. The molecule has 1 aliphatic heterocycles. The first kappa shape index (κ1) is 18.3. The van der Waals surface area contributed by atoms with Crippen molar-refractivity contribution in [2.45, 2.75) is 13.5 Å². The van der Waals surface area contributed by atoms with E-state index < -0.39 is 6.03 Å². The van der Waals surface area contributed by atoms with Gasteiger partial charge in [-0.05, 0) is 42.3 Å². The molecule has 0 unspecified atom stereocenters. The Balaban J connectivity index is 1.56. The average molecular weight is 437 g/mol. The van der Waals surface area contributed by atoms with Crippen LogP contribution in [0.5, 0.6) is 0 Å². The van der Waals surface area contributed by atoms with Crippen molar-refractivity contribution in [3.05, 3.63) is 87.7 Å². The predicted molar refractivity (Wildman–Crippen MR) is 110 cm³/mol. The second kappa shape index (κ2) is 7.48. The molecule has 5 nitrogen and oxygen atoms in total. The van der Waals surface area contributed by atoms with Gasteiger partial charge in [-0.1, -0.05) is 52.3 Å². The molecule has 1 fully saturated rings. The summed E-state index contributed by atoms with van der Waals surface area (Å²) in [6, 6.07) is 18.5. The normalized spacial score (nSPS) is 15.4. The van der Waals surface area contributed by atoms with Crippen LogP contribution in [-0.4, -0.2) is 16.8 Å². The Bertz CT molecular complexity index is 1090. The zero-order chi connectivity index (χ0) is 19.7. The molecule has 0 radical (unpaired) electrons. The third-order valence-electron chi connectivity index (χ3n) is 4.45. The van der Waals surface area contributed by atoms with E-state index in [1.54, 1.807) is 12.1 Å². The Labute approximate surface area is 170 Å². The molecule has 1 saturated heterocycles. The Morgan fingerprint density at radius 2 is 1.86 bits per heavy atom. The van der Waals surface area contributed by atoms with Gasteiger partial charge in [0, 0.05) is 16.1 Å². The maximum absolute atomic E-state index is 12.6. The lowest BCUT2D eigenvalue weighted by molar-refractivity contribution is -0.123. The molecule has 0 aliphatic carbocycles. The number of carbonyl (C=O) groups excluding carboxylic acids is 2. The average Bonchev–Trinajstić information content (AvgIpc) is 3.23. The largest absolute Gasteiger partial charge is 0.457 e. The summed E-state index contributed by atoms with van der Waals surface area (Å²) in [6.45, 7) is 2.24. The van der Waals surface area contributed by atoms with Crippen molar-refractivity contribution in [1.82, 2.24) is 10.2 Å². The van der Waals surface area contributed by atoms with Crippen molar-refractivity contribution in [3.8, 4) is 11.3 Å². The highest BCUT2D eigenvalue weighted by molar-refractivity contribution is 9.10. The van der Waals surface area contributed by atoms with Gasteiger partial charge in [0.2, 0.25) is 0 Å². The van der Waals surface area contributed by atoms with Gasteiger partial charge in [0.1, 0.15) is 17.2 Å². The zero-order valence-electron chi connectivity index (χ0n) is 15.1. The fourth-order valence-electron chi connectivity index (χ4n) is 3.02. The molecule has 4 rings (SSSR count). The maximum Gasteiger partial charge on any atom is 0.329 e. The third kappa shape index (κ3) is 3.64. The monoisotopic (exact) mass is 436 g/mol. The SMILES string of the molecule is Cc1ccc(-c2ccc(/C=C3\NC(=O)N(Cc4ccccc4)C3=O)o2)c(Br)c1. The molecule has 0 atom stereocenters. The van der Waals surface area contributed by atoms with Crippen LogP contribution in [0.4, 0.5) is 4.79 Å². The van der Waals surface area contributed by atoms with Gasteiger partial charge in [0.25, 0.3) is 5.91 Å². The van der Waals surface area contributed by atoms with Gasteiger partial charge in [0.05, 0.1) is 6.54 Å². The van der Waals surface area contributed by atoms with Gasteiger partial charge < -0.3 is 9.73 Å². The van der Waals surface area contributed by atoms with E-state index in [4.69, 9.17) is 4.42 Å². The number of hydrogen-bond donors (Lipinski definition) is 1. The number of nitrogens with one attached hydrogen (secondary N) is 1. The van der Waals surface area contributed by atoms with Crippen LogP contribution in [0.1, 0.15) is 16.9 Å². The van der Waals surface area contributed by atoms with Crippen LogP contribution in [-0.2, 0) is 11.3 Å². The summed E-state index contributed by atoms with van der Waals surface area (Å²) >= 11 is 3.54. The number of imide groups is 1. The first-order chi connectivity index (χ1) is 13.5. The topological polar surface area (TPSA) is 62.6 Å². The summed E-state index contributed by atoms with van der Waals surface area (Å²) in [7, 11) is 0. The molecule has 2 heterocycles. The highest BCUT2D eigenvalue weighted by Gasteiger charge is 2.33. The van der Waals surface area contributed by atoms with Crippen LogP contribution >= 0.6 is 15.9 Å². The van der Waals surface area contributed by atoms with Crippen molar-refractivity contribution >= 4 is 33.9 Å². The number of carbonyl (C=O) groups is 2. The van der Waals surface area contributed by atoms with Crippen molar-refractivity contribution < 1.29 is 14.0 Å². The van der Waals surface area contributed by atoms with Crippen molar-refractivity contribution in [3.63, 3.8) is 0 Å². The number of aryl methyl sites for hydroxylation is 1. The van der Waals surface area contributed by atoms with E-state index in [-0.39, 0.29) is 18.1 Å². The molecule has 2 aromatic carbocycles. The number of hydrogen-bond acceptors (Lipinski definition) is 3. The molecular weight excluding hydrogens is 420 g/mol. The van der Waals surface area contributed by atoms with E-state index in [2.05, 4.69) is 21.2 Å². The second-order valence-corrected chi connectivity index (χ2v) is 7.40. The minimum Gasteiger partial charge on any atom is -0.457 e. The van der Waals surface area contributed by atoms with Crippen molar-refractivity contribution in [2.75, 3.05) is 0 Å². The highest BCUT2D eigenvalue weighted by Crippen LogP contribution is 2.31. The van der Waals surface area contributed by atoms with E-state index in [1.807, 2.05) is 61.5 Å². The summed E-state index contributed by atoms with van der Waals surface area (Å²) in [5.41, 5.74) is 3.14. The Morgan fingerprint density at radius 3 is 2.61 bits per heavy atom. The van der Waals surface area contributed by atoms with E-state index in [1.165, 1.54) is 4.90 Å². The number of urea groups is 1. The number of amides is 3. The number of nitrogens with zero attached hydrogens (tertiary/aromatic N) is 1. The van der Waals surface area contributed by atoms with E-state index >= 15 is 0 Å². The van der Waals surface area contributed by atoms with Gasteiger partial charge in [-0.25, -0.2) is 4.79 Å². The van der Waals surface area contributed by atoms with Crippen LogP contribution in [0.3, 0.4) is 0 Å². The fourth-order valence-corrected chi connectivity index (χ4v) is 3.71. The van der Waals surface area contributed by atoms with Crippen LogP contribution in [0.25, 0.3) is 17.4 Å². The summed E-state index contributed by atoms with van der Waals surface area (Å²) in [6.07, 6.45) is 1.55. The van der Waals surface area contributed by atoms with E-state index in [9.17, 15) is 9.59 Å². The van der Waals surface area contributed by atoms with Gasteiger partial charge in [-0.2, -0.15) is 0 Å². The lowest BCUT2D eigenvalue weighted by Gasteiger charge is -2.11. The van der Waals surface area contributed by atoms with Gasteiger partial charge >= 0.3 is 6.03 Å². The number of rotatable bonds is 4. The quantitative estimate of drug-likeness (QED) is 0.456. The van der Waals surface area contributed by atoms with Gasteiger partial charge in [0.15, 0.2) is 0 Å². The number of halogens is 1. The minimum absolute atomic E-state index is 0.199. The maximum atomic E-state index is 12.6. The first-order valence-electron chi connectivity index (χ1n) is 8.76. The molecule has 3 aromatic rings. The second-order valence-electron chi connectivity index (χ2n) is 6.55. The summed E-state index contributed by atoms with van der Waals surface area (Å²) < 4.78 is 6.79. The lowest BCUT2D eigenvalue weighted by atomic mass is 10.1. The number of benzene rings is 2. The summed E-state index contributed by atoms with van der Waals surface area (Å²) in [5.74, 6) is 0.799. The third-order valence-corrected chi connectivity index (χ3v) is 5.11. The van der Waals surface area contributed by atoms with Gasteiger partial charge in [-0.15, -0.1) is 0 Å². The van der Waals surface area contributed by atoms with Crippen molar-refractivity contribution in [2.24, 2.45) is 0 Å². The molecule has 1 aliphatic rings. The van der Waals surface area contributed by atoms with Gasteiger partial charge in [-0.3, -0.25) is 9.69 Å². The molecule has 0 saturated carbocycles. The molecule has 1 N–H and O–H groups in total. The molecule has 6 heteroatoms. The van der Waals surface area contributed by atoms with Crippen LogP contribution in [0.15, 0.2) is 75.3 Å². The fraction of sp³-hybridized carbons (Fsp3) is 0.0909. The van der Waals surface area contributed by atoms with Crippen LogP contribution in [0, 0.1) is 6.92 Å². The minimum atomic E-state index is -0.437. The lowest BCUT2D eigenvalue weighted by Crippen LogP contribution is -2.30. The van der Waals surface area contributed by atoms with Crippen LogP contribution in [0.2, 0.25) is 0 Å². The Hall–Kier alpha value is -3.12. The first-order valence-corrected chi connectivity index (χ1v) is 9.55. The molecule has 0 bridgehead atoms. The zero-order valence-corrected chi connectivity index (χ0v) is 16.7. The Kier molecular flexibility index (Phi) is 4.88. The number of furan rings is 1. The van der Waals surface area contributed by atoms with E-state index in [0.717, 1.165) is 21.2 Å².